The molecule has 1 atom stereocenters. The number of unbranched alkanes of at least 4 members (excludes halogenated alkanes) is 1. The van der Waals surface area contributed by atoms with E-state index >= 15 is 0 Å². The highest BCUT2D eigenvalue weighted by molar-refractivity contribution is 5.96. The maximum atomic E-state index is 12.7. The summed E-state index contributed by atoms with van der Waals surface area (Å²) in [5, 5.41) is 3.14. The molecule has 1 unspecified atom stereocenters. The van der Waals surface area contributed by atoms with Crippen molar-refractivity contribution in [3.05, 3.63) is 29.3 Å². The van der Waals surface area contributed by atoms with Crippen molar-refractivity contribution in [3.8, 4) is 0 Å². The van der Waals surface area contributed by atoms with Gasteiger partial charge >= 0.3 is 0 Å². The van der Waals surface area contributed by atoms with Gasteiger partial charge in [0.15, 0.2) is 0 Å². The molecule has 0 aliphatic heterocycles. The van der Waals surface area contributed by atoms with E-state index in [0.29, 0.717) is 0 Å². The summed E-state index contributed by atoms with van der Waals surface area (Å²) in [5.41, 5.74) is 3.21. The second-order valence-electron chi connectivity index (χ2n) is 5.66. The number of amides is 1. The van der Waals surface area contributed by atoms with E-state index < -0.39 is 0 Å². The minimum absolute atomic E-state index is 0.0412. The van der Waals surface area contributed by atoms with Crippen LogP contribution in [-0.4, -0.2) is 29.9 Å². The molecule has 0 fully saturated rings. The van der Waals surface area contributed by atoms with Gasteiger partial charge in [0.25, 0.3) is 0 Å². The lowest BCUT2D eigenvalue weighted by atomic mass is 10.1. The van der Waals surface area contributed by atoms with Gasteiger partial charge < -0.3 is 5.32 Å². The number of benzene rings is 1. The van der Waals surface area contributed by atoms with Crippen molar-refractivity contribution in [2.75, 3.05) is 18.4 Å². The third-order valence-corrected chi connectivity index (χ3v) is 4.06. The van der Waals surface area contributed by atoms with Gasteiger partial charge in [0.2, 0.25) is 5.91 Å². The zero-order valence-electron chi connectivity index (χ0n) is 14.2. The van der Waals surface area contributed by atoms with Crippen LogP contribution in [0.5, 0.6) is 0 Å². The molecule has 1 aromatic rings. The Labute approximate surface area is 129 Å². The van der Waals surface area contributed by atoms with Crippen LogP contribution in [0.4, 0.5) is 5.69 Å². The Hall–Kier alpha value is -1.35. The van der Waals surface area contributed by atoms with Gasteiger partial charge in [-0.1, -0.05) is 45.4 Å². The smallest absolute Gasteiger partial charge is 0.241 e. The number of rotatable bonds is 8. The normalized spacial score (nSPS) is 12.5. The van der Waals surface area contributed by atoms with Crippen LogP contribution in [-0.2, 0) is 4.79 Å². The van der Waals surface area contributed by atoms with E-state index in [-0.39, 0.29) is 11.9 Å². The van der Waals surface area contributed by atoms with Gasteiger partial charge in [-0.25, -0.2) is 0 Å². The number of likely N-dealkylation sites (N-methyl/N-ethyl adjacent to an activating group) is 1. The van der Waals surface area contributed by atoms with Crippen LogP contribution in [0.3, 0.4) is 0 Å². The van der Waals surface area contributed by atoms with Crippen molar-refractivity contribution in [1.29, 1.82) is 0 Å². The highest BCUT2D eigenvalue weighted by atomic mass is 16.2. The lowest BCUT2D eigenvalue weighted by molar-refractivity contribution is -0.121. The lowest BCUT2D eigenvalue weighted by Gasteiger charge is -2.29. The molecular formula is C18H30N2O. The van der Waals surface area contributed by atoms with Gasteiger partial charge in [0.1, 0.15) is 0 Å². The van der Waals surface area contributed by atoms with Crippen LogP contribution in [0.2, 0.25) is 0 Å². The predicted molar refractivity (Wildman–Crippen MR) is 90.8 cm³/mol. The minimum Gasteiger partial charge on any atom is -0.324 e. The lowest BCUT2D eigenvalue weighted by Crippen LogP contribution is -2.44. The maximum absolute atomic E-state index is 12.7. The van der Waals surface area contributed by atoms with Gasteiger partial charge in [0, 0.05) is 5.69 Å². The number of nitrogens with one attached hydrogen (secondary N) is 1. The van der Waals surface area contributed by atoms with Crippen molar-refractivity contribution in [2.45, 2.75) is 59.9 Å². The molecular weight excluding hydrogens is 260 g/mol. The quantitative estimate of drug-likeness (QED) is 0.780. The summed E-state index contributed by atoms with van der Waals surface area (Å²) < 4.78 is 0. The molecule has 3 nitrogen and oxygen atoms in total. The Morgan fingerprint density at radius 2 is 1.81 bits per heavy atom. The van der Waals surface area contributed by atoms with Gasteiger partial charge in [-0.2, -0.15) is 0 Å². The molecule has 3 heteroatoms. The van der Waals surface area contributed by atoms with Crippen molar-refractivity contribution >= 4 is 11.6 Å². The molecule has 0 aliphatic carbocycles. The summed E-state index contributed by atoms with van der Waals surface area (Å²) >= 11 is 0. The third kappa shape index (κ3) is 4.85. The Balaban J connectivity index is 2.83. The van der Waals surface area contributed by atoms with Crippen LogP contribution in [0.1, 0.15) is 51.2 Å². The number of anilines is 1. The fourth-order valence-corrected chi connectivity index (χ4v) is 2.72. The second kappa shape index (κ2) is 8.83. The number of carbonyl (C=O) groups is 1. The van der Waals surface area contributed by atoms with Crippen LogP contribution in [0.25, 0.3) is 0 Å². The molecule has 0 spiro atoms. The number of hydrogen-bond donors (Lipinski definition) is 1. The highest BCUT2D eigenvalue weighted by Crippen LogP contribution is 2.20. The zero-order valence-corrected chi connectivity index (χ0v) is 14.2. The largest absolute Gasteiger partial charge is 0.324 e. The number of aryl methyl sites for hydroxylation is 2. The van der Waals surface area contributed by atoms with Crippen LogP contribution in [0, 0.1) is 13.8 Å². The fraction of sp³-hybridized carbons (Fsp3) is 0.611. The molecule has 0 saturated carbocycles. The average molecular weight is 290 g/mol. The van der Waals surface area contributed by atoms with E-state index in [9.17, 15) is 4.79 Å². The van der Waals surface area contributed by atoms with Crippen LogP contribution in [0.15, 0.2) is 18.2 Å². The summed E-state index contributed by atoms with van der Waals surface area (Å²) in [5.74, 6) is 0.118. The third-order valence-electron chi connectivity index (χ3n) is 4.06. The van der Waals surface area contributed by atoms with Crippen molar-refractivity contribution < 1.29 is 4.79 Å². The first kappa shape index (κ1) is 17.7. The van der Waals surface area contributed by atoms with E-state index in [1.165, 1.54) is 0 Å². The Kier molecular flexibility index (Phi) is 7.44. The van der Waals surface area contributed by atoms with Gasteiger partial charge in [-0.3, -0.25) is 9.69 Å². The second-order valence-corrected chi connectivity index (χ2v) is 5.66. The molecule has 0 bridgehead atoms. The molecule has 1 amide bonds. The molecule has 0 aliphatic rings. The molecule has 118 valence electrons. The summed E-state index contributed by atoms with van der Waals surface area (Å²) in [6, 6.07) is 6.06. The maximum Gasteiger partial charge on any atom is 0.241 e. The number of carbonyl (C=O) groups excluding carboxylic acids is 1. The van der Waals surface area contributed by atoms with E-state index in [1.807, 2.05) is 32.0 Å². The van der Waals surface area contributed by atoms with E-state index in [2.05, 4.69) is 31.0 Å². The molecule has 0 radical (unpaired) electrons. The first-order chi connectivity index (χ1) is 10.0. The van der Waals surface area contributed by atoms with Gasteiger partial charge in [-0.15, -0.1) is 0 Å². The van der Waals surface area contributed by atoms with E-state index in [1.54, 1.807) is 0 Å². The van der Waals surface area contributed by atoms with Crippen molar-refractivity contribution in [2.24, 2.45) is 0 Å². The van der Waals surface area contributed by atoms with Crippen LogP contribution < -0.4 is 5.32 Å². The Bertz CT molecular complexity index is 436. The first-order valence-electron chi connectivity index (χ1n) is 8.16. The average Bonchev–Trinajstić information content (AvgIpc) is 2.47. The summed E-state index contributed by atoms with van der Waals surface area (Å²) in [6.45, 7) is 12.4. The molecule has 0 heterocycles. The Morgan fingerprint density at radius 3 is 2.29 bits per heavy atom. The molecule has 1 rings (SSSR count). The van der Waals surface area contributed by atoms with Crippen LogP contribution >= 0.6 is 0 Å². The number of hydrogen-bond acceptors (Lipinski definition) is 2. The topological polar surface area (TPSA) is 32.3 Å². The monoisotopic (exact) mass is 290 g/mol. The van der Waals surface area contributed by atoms with E-state index in [4.69, 9.17) is 0 Å². The molecule has 1 aromatic carbocycles. The van der Waals surface area contributed by atoms with Gasteiger partial charge in [-0.05, 0) is 50.9 Å². The minimum atomic E-state index is -0.0412. The zero-order chi connectivity index (χ0) is 15.8. The highest BCUT2D eigenvalue weighted by Gasteiger charge is 2.23. The summed E-state index contributed by atoms with van der Waals surface area (Å²) in [7, 11) is 0. The summed E-state index contributed by atoms with van der Waals surface area (Å²) in [6.07, 6.45) is 3.14. The molecule has 0 saturated heterocycles. The van der Waals surface area contributed by atoms with Gasteiger partial charge in [0.05, 0.1) is 6.04 Å². The fourth-order valence-electron chi connectivity index (χ4n) is 2.72. The first-order valence-corrected chi connectivity index (χ1v) is 8.16. The predicted octanol–water partition coefficient (Wildman–Crippen LogP) is 4.14. The number of nitrogens with zero attached hydrogens (tertiary/aromatic N) is 1. The molecule has 21 heavy (non-hydrogen) atoms. The van der Waals surface area contributed by atoms with Crippen molar-refractivity contribution in [3.63, 3.8) is 0 Å². The summed E-state index contributed by atoms with van der Waals surface area (Å²) in [4.78, 5) is 14.9. The van der Waals surface area contributed by atoms with Crippen molar-refractivity contribution in [1.82, 2.24) is 4.90 Å². The number of para-hydroxylation sites is 1. The standard InChI is InChI=1S/C18H30N2O/c1-6-9-13-20(8-3)16(7-2)18(21)19-17-14(4)11-10-12-15(17)5/h10-12,16H,6-9,13H2,1-5H3,(H,19,21). The Morgan fingerprint density at radius 1 is 1.19 bits per heavy atom. The van der Waals surface area contributed by atoms with E-state index in [0.717, 1.165) is 49.2 Å². The molecule has 0 aromatic heterocycles. The SMILES string of the molecule is CCCCN(CC)C(CC)C(=O)Nc1c(C)cccc1C. The molecule has 1 N–H and O–H groups in total.